The smallest absolute Gasteiger partial charge is 0.381 e. The second kappa shape index (κ2) is 4.03. The van der Waals surface area contributed by atoms with Crippen molar-refractivity contribution in [2.75, 3.05) is 13.9 Å². The zero-order chi connectivity index (χ0) is 12.6. The average Bonchev–Trinajstić information content (AvgIpc) is 2.73. The predicted octanol–water partition coefficient (Wildman–Crippen LogP) is 2.33. The Kier molecular flexibility index (Phi) is 2.82. The molecule has 0 saturated carbocycles. The van der Waals surface area contributed by atoms with Crippen molar-refractivity contribution < 1.29 is 27.8 Å². The summed E-state index contributed by atoms with van der Waals surface area (Å²) in [6.07, 6.45) is 0. The van der Waals surface area contributed by atoms with Gasteiger partial charge >= 0.3 is 11.9 Å². The van der Waals surface area contributed by atoms with E-state index in [9.17, 15) is 13.6 Å². The van der Waals surface area contributed by atoms with Gasteiger partial charge in [-0.1, -0.05) is 11.6 Å². The van der Waals surface area contributed by atoms with E-state index in [1.165, 1.54) is 6.07 Å². The minimum Gasteiger partial charge on any atom is -0.464 e. The van der Waals surface area contributed by atoms with Gasteiger partial charge in [0.15, 0.2) is 11.5 Å². The van der Waals surface area contributed by atoms with Crippen molar-refractivity contribution >= 4 is 17.6 Å². The highest BCUT2D eigenvalue weighted by atomic mass is 35.5. The standard InChI is InChI=1S/C10H7ClF2O4/c1-15-9(14)10(12,13)5-2-7-8(3-6(5)11)17-4-16-7/h2-3H,4H2,1H3. The van der Waals surface area contributed by atoms with Gasteiger partial charge in [0.2, 0.25) is 6.79 Å². The van der Waals surface area contributed by atoms with Crippen LogP contribution in [0.15, 0.2) is 12.1 Å². The first-order valence-electron chi connectivity index (χ1n) is 4.52. The van der Waals surface area contributed by atoms with Crippen LogP contribution in [0.2, 0.25) is 5.02 Å². The molecule has 0 saturated heterocycles. The van der Waals surface area contributed by atoms with Crippen LogP contribution >= 0.6 is 11.6 Å². The van der Waals surface area contributed by atoms with Crippen molar-refractivity contribution in [2.24, 2.45) is 0 Å². The van der Waals surface area contributed by atoms with Crippen LogP contribution in [0.1, 0.15) is 5.56 Å². The van der Waals surface area contributed by atoms with E-state index in [0.717, 1.165) is 13.2 Å². The molecule has 1 aliphatic rings. The van der Waals surface area contributed by atoms with Gasteiger partial charge < -0.3 is 14.2 Å². The molecule has 0 bridgehead atoms. The van der Waals surface area contributed by atoms with Crippen molar-refractivity contribution in [3.8, 4) is 11.5 Å². The summed E-state index contributed by atoms with van der Waals surface area (Å²) in [5.74, 6) is -5.13. The van der Waals surface area contributed by atoms with Crippen molar-refractivity contribution in [1.82, 2.24) is 0 Å². The molecule has 92 valence electrons. The van der Waals surface area contributed by atoms with Gasteiger partial charge in [-0.3, -0.25) is 0 Å². The van der Waals surface area contributed by atoms with E-state index in [0.29, 0.717) is 0 Å². The summed E-state index contributed by atoms with van der Waals surface area (Å²) in [7, 11) is 0.872. The fourth-order valence-corrected chi connectivity index (χ4v) is 1.67. The van der Waals surface area contributed by atoms with Gasteiger partial charge in [0, 0.05) is 6.07 Å². The van der Waals surface area contributed by atoms with Crippen molar-refractivity contribution in [3.63, 3.8) is 0 Å². The molecule has 0 N–H and O–H groups in total. The van der Waals surface area contributed by atoms with Gasteiger partial charge in [0.25, 0.3) is 0 Å². The molecular weight excluding hydrogens is 258 g/mol. The van der Waals surface area contributed by atoms with Crippen molar-refractivity contribution in [2.45, 2.75) is 5.92 Å². The van der Waals surface area contributed by atoms with E-state index in [4.69, 9.17) is 21.1 Å². The maximum absolute atomic E-state index is 13.6. The molecule has 0 amide bonds. The molecule has 1 aliphatic heterocycles. The van der Waals surface area contributed by atoms with E-state index >= 15 is 0 Å². The Bertz CT molecular complexity index is 476. The molecule has 0 fully saturated rings. The number of rotatable bonds is 2. The summed E-state index contributed by atoms with van der Waals surface area (Å²) < 4.78 is 41.2. The van der Waals surface area contributed by atoms with Gasteiger partial charge in [-0.25, -0.2) is 4.79 Å². The van der Waals surface area contributed by atoms with Crippen LogP contribution in [0.25, 0.3) is 0 Å². The molecule has 0 unspecified atom stereocenters. The maximum atomic E-state index is 13.6. The van der Waals surface area contributed by atoms with E-state index in [-0.39, 0.29) is 23.3 Å². The number of carbonyl (C=O) groups is 1. The molecule has 0 atom stereocenters. The summed E-state index contributed by atoms with van der Waals surface area (Å²) in [5, 5.41) is -0.287. The third-order valence-electron chi connectivity index (χ3n) is 2.24. The third kappa shape index (κ3) is 1.88. The molecule has 7 heteroatoms. The number of hydrogen-bond donors (Lipinski definition) is 0. The minimum atomic E-state index is -3.83. The molecule has 17 heavy (non-hydrogen) atoms. The summed E-state index contributed by atoms with van der Waals surface area (Å²) in [5.41, 5.74) is -0.671. The summed E-state index contributed by atoms with van der Waals surface area (Å²) in [6, 6.07) is 2.15. The highest BCUT2D eigenvalue weighted by Gasteiger charge is 2.45. The lowest BCUT2D eigenvalue weighted by molar-refractivity contribution is -0.170. The van der Waals surface area contributed by atoms with E-state index in [1.807, 2.05) is 0 Å². The Hall–Kier alpha value is -1.56. The van der Waals surface area contributed by atoms with Crippen LogP contribution in [0.3, 0.4) is 0 Å². The normalized spacial score (nSPS) is 13.6. The molecular formula is C10H7ClF2O4. The Morgan fingerprint density at radius 1 is 1.41 bits per heavy atom. The summed E-state index contributed by atoms with van der Waals surface area (Å²) >= 11 is 5.67. The summed E-state index contributed by atoms with van der Waals surface area (Å²) in [4.78, 5) is 11.0. The van der Waals surface area contributed by atoms with Gasteiger partial charge in [-0.15, -0.1) is 0 Å². The molecule has 0 spiro atoms. The Morgan fingerprint density at radius 2 is 2.00 bits per heavy atom. The monoisotopic (exact) mass is 264 g/mol. The lowest BCUT2D eigenvalue weighted by Crippen LogP contribution is -2.27. The molecule has 0 radical (unpaired) electrons. The number of alkyl halides is 2. The van der Waals surface area contributed by atoms with Crippen molar-refractivity contribution in [3.05, 3.63) is 22.7 Å². The Morgan fingerprint density at radius 3 is 2.59 bits per heavy atom. The second-order valence-electron chi connectivity index (χ2n) is 3.25. The van der Waals surface area contributed by atoms with Crippen LogP contribution in [-0.2, 0) is 15.5 Å². The SMILES string of the molecule is COC(=O)C(F)(F)c1cc2c(cc1Cl)OCO2. The zero-order valence-corrected chi connectivity index (χ0v) is 9.38. The van der Waals surface area contributed by atoms with Crippen LogP contribution < -0.4 is 9.47 Å². The zero-order valence-electron chi connectivity index (χ0n) is 8.63. The predicted molar refractivity (Wildman–Crippen MR) is 53.5 cm³/mol. The molecule has 1 aromatic rings. The van der Waals surface area contributed by atoms with E-state index in [1.54, 1.807) is 0 Å². The molecule has 0 aliphatic carbocycles. The highest BCUT2D eigenvalue weighted by molar-refractivity contribution is 6.32. The first-order chi connectivity index (χ1) is 7.96. The van der Waals surface area contributed by atoms with Crippen molar-refractivity contribution in [1.29, 1.82) is 0 Å². The van der Waals surface area contributed by atoms with Gasteiger partial charge in [-0.2, -0.15) is 8.78 Å². The van der Waals surface area contributed by atoms with Crippen LogP contribution in [0.5, 0.6) is 11.5 Å². The van der Waals surface area contributed by atoms with E-state index < -0.39 is 17.5 Å². The van der Waals surface area contributed by atoms with Crippen LogP contribution in [-0.4, -0.2) is 19.9 Å². The fourth-order valence-electron chi connectivity index (χ4n) is 1.40. The molecule has 4 nitrogen and oxygen atoms in total. The highest BCUT2D eigenvalue weighted by Crippen LogP contribution is 2.42. The number of halogens is 3. The fraction of sp³-hybridized carbons (Fsp3) is 0.300. The summed E-state index contributed by atoms with van der Waals surface area (Å²) in [6.45, 7) is -0.0705. The lowest BCUT2D eigenvalue weighted by atomic mass is 10.1. The number of carbonyl (C=O) groups excluding carboxylic acids is 1. The Balaban J connectivity index is 2.49. The molecule has 0 aromatic heterocycles. The second-order valence-corrected chi connectivity index (χ2v) is 3.66. The van der Waals surface area contributed by atoms with Crippen LogP contribution in [0.4, 0.5) is 8.78 Å². The Labute approximate surface area is 100 Å². The number of benzene rings is 1. The number of methoxy groups -OCH3 is 1. The number of fused-ring (bicyclic) bond motifs is 1. The number of hydrogen-bond acceptors (Lipinski definition) is 4. The minimum absolute atomic E-state index is 0.0705. The number of esters is 1. The van der Waals surface area contributed by atoms with Gasteiger partial charge in [-0.05, 0) is 6.07 Å². The third-order valence-corrected chi connectivity index (χ3v) is 2.55. The maximum Gasteiger partial charge on any atom is 0.381 e. The van der Waals surface area contributed by atoms with Crippen LogP contribution in [0, 0.1) is 0 Å². The molecule has 1 heterocycles. The average molecular weight is 265 g/mol. The lowest BCUT2D eigenvalue weighted by Gasteiger charge is -2.15. The molecule has 2 rings (SSSR count). The molecule has 1 aromatic carbocycles. The van der Waals surface area contributed by atoms with Gasteiger partial charge in [0.05, 0.1) is 17.7 Å². The quantitative estimate of drug-likeness (QED) is 0.769. The largest absolute Gasteiger partial charge is 0.464 e. The first kappa shape index (κ1) is 11.9. The van der Waals surface area contributed by atoms with Gasteiger partial charge in [0.1, 0.15) is 0 Å². The topological polar surface area (TPSA) is 44.8 Å². The first-order valence-corrected chi connectivity index (χ1v) is 4.90. The van der Waals surface area contributed by atoms with E-state index in [2.05, 4.69) is 4.74 Å². The number of ether oxygens (including phenoxy) is 3.